The minimum Gasteiger partial charge on any atom is -0.396 e. The lowest BCUT2D eigenvalue weighted by atomic mass is 9.82. The fourth-order valence-electron chi connectivity index (χ4n) is 2.21. The number of carbonyl (C=O) groups is 1. The van der Waals surface area contributed by atoms with Crippen molar-refractivity contribution in [2.24, 2.45) is 11.3 Å². The molecule has 0 saturated carbocycles. The third-order valence-corrected chi connectivity index (χ3v) is 3.62. The maximum absolute atomic E-state index is 12.0. The van der Waals surface area contributed by atoms with Gasteiger partial charge in [0.1, 0.15) is 0 Å². The molecule has 1 fully saturated rings. The molecule has 4 nitrogen and oxygen atoms in total. The summed E-state index contributed by atoms with van der Waals surface area (Å²) in [6, 6.07) is 0. The summed E-state index contributed by atoms with van der Waals surface area (Å²) in [5, 5.41) is 15.2. The standard InChI is InChI=1S/C13H26N2O2/c1-11(9-16)5-3-8-15-12(17)13(2)6-4-7-14-10-13/h11,14,16H,3-10H2,1-2H3,(H,15,17). The van der Waals surface area contributed by atoms with Gasteiger partial charge in [0.05, 0.1) is 5.41 Å². The Hall–Kier alpha value is -0.610. The van der Waals surface area contributed by atoms with Crippen LogP contribution in [0.15, 0.2) is 0 Å². The number of amides is 1. The molecule has 1 aliphatic rings. The SMILES string of the molecule is CC(CO)CCCNC(=O)C1(C)CCCNC1. The number of hydrogen-bond donors (Lipinski definition) is 3. The number of carbonyl (C=O) groups excluding carboxylic acids is 1. The predicted molar refractivity (Wildman–Crippen MR) is 68.7 cm³/mol. The third kappa shape index (κ3) is 4.64. The van der Waals surface area contributed by atoms with E-state index in [1.807, 2.05) is 13.8 Å². The van der Waals surface area contributed by atoms with Crippen LogP contribution in [0.4, 0.5) is 0 Å². The molecule has 4 heteroatoms. The summed E-state index contributed by atoms with van der Waals surface area (Å²) in [4.78, 5) is 12.0. The lowest BCUT2D eigenvalue weighted by molar-refractivity contribution is -0.131. The summed E-state index contributed by atoms with van der Waals surface area (Å²) >= 11 is 0. The number of aliphatic hydroxyl groups is 1. The average molecular weight is 242 g/mol. The van der Waals surface area contributed by atoms with Gasteiger partial charge in [0.15, 0.2) is 0 Å². The van der Waals surface area contributed by atoms with Crippen LogP contribution in [0, 0.1) is 11.3 Å². The molecule has 0 aromatic heterocycles. The predicted octanol–water partition coefficient (Wildman–Crippen LogP) is 0.901. The van der Waals surface area contributed by atoms with Gasteiger partial charge in [-0.25, -0.2) is 0 Å². The average Bonchev–Trinajstić information content (AvgIpc) is 2.34. The zero-order chi connectivity index (χ0) is 12.7. The molecule has 3 N–H and O–H groups in total. The van der Waals surface area contributed by atoms with Gasteiger partial charge >= 0.3 is 0 Å². The van der Waals surface area contributed by atoms with E-state index in [0.29, 0.717) is 5.92 Å². The van der Waals surface area contributed by atoms with Crippen molar-refractivity contribution < 1.29 is 9.90 Å². The van der Waals surface area contributed by atoms with Gasteiger partial charge in [-0.15, -0.1) is 0 Å². The zero-order valence-corrected chi connectivity index (χ0v) is 11.1. The number of piperidine rings is 1. The normalized spacial score (nSPS) is 26.5. The number of aliphatic hydroxyl groups excluding tert-OH is 1. The first-order valence-corrected chi connectivity index (χ1v) is 6.68. The van der Waals surface area contributed by atoms with Crippen LogP contribution in [-0.4, -0.2) is 37.3 Å². The molecule has 0 aromatic carbocycles. The molecule has 0 aliphatic carbocycles. The summed E-state index contributed by atoms with van der Waals surface area (Å²) in [7, 11) is 0. The summed E-state index contributed by atoms with van der Waals surface area (Å²) < 4.78 is 0. The highest BCUT2D eigenvalue weighted by molar-refractivity contribution is 5.82. The van der Waals surface area contributed by atoms with E-state index in [4.69, 9.17) is 5.11 Å². The molecule has 2 unspecified atom stereocenters. The molecule has 0 aromatic rings. The minimum atomic E-state index is -0.235. The third-order valence-electron chi connectivity index (χ3n) is 3.62. The number of hydrogen-bond acceptors (Lipinski definition) is 3. The van der Waals surface area contributed by atoms with Gasteiger partial charge < -0.3 is 15.7 Å². The van der Waals surface area contributed by atoms with Crippen molar-refractivity contribution in [1.82, 2.24) is 10.6 Å². The van der Waals surface area contributed by atoms with E-state index in [-0.39, 0.29) is 17.9 Å². The van der Waals surface area contributed by atoms with Crippen LogP contribution >= 0.6 is 0 Å². The maximum Gasteiger partial charge on any atom is 0.227 e. The Morgan fingerprint density at radius 3 is 2.94 bits per heavy atom. The van der Waals surface area contributed by atoms with Gasteiger partial charge in [0, 0.05) is 19.7 Å². The van der Waals surface area contributed by atoms with E-state index >= 15 is 0 Å². The molecular formula is C13H26N2O2. The topological polar surface area (TPSA) is 61.4 Å². The van der Waals surface area contributed by atoms with Crippen molar-refractivity contribution in [3.8, 4) is 0 Å². The van der Waals surface area contributed by atoms with Crippen molar-refractivity contribution in [3.63, 3.8) is 0 Å². The van der Waals surface area contributed by atoms with E-state index in [1.54, 1.807) is 0 Å². The molecule has 1 rings (SSSR count). The molecule has 1 saturated heterocycles. The summed E-state index contributed by atoms with van der Waals surface area (Å²) in [6.07, 6.45) is 3.95. The van der Waals surface area contributed by atoms with Crippen LogP contribution in [0.2, 0.25) is 0 Å². The minimum absolute atomic E-state index is 0.168. The highest BCUT2D eigenvalue weighted by Gasteiger charge is 2.34. The van der Waals surface area contributed by atoms with Crippen molar-refractivity contribution in [2.75, 3.05) is 26.2 Å². The monoisotopic (exact) mass is 242 g/mol. The molecule has 2 atom stereocenters. The molecule has 0 spiro atoms. The summed E-state index contributed by atoms with van der Waals surface area (Å²) in [6.45, 7) is 6.82. The first-order chi connectivity index (χ1) is 8.08. The molecule has 0 bridgehead atoms. The largest absolute Gasteiger partial charge is 0.396 e. The quantitative estimate of drug-likeness (QED) is 0.607. The van der Waals surface area contributed by atoms with E-state index in [2.05, 4.69) is 10.6 Å². The van der Waals surface area contributed by atoms with E-state index in [9.17, 15) is 4.79 Å². The Morgan fingerprint density at radius 1 is 1.59 bits per heavy atom. The van der Waals surface area contributed by atoms with Gasteiger partial charge in [-0.05, 0) is 45.1 Å². The molecule has 1 amide bonds. The highest BCUT2D eigenvalue weighted by Crippen LogP contribution is 2.25. The Bertz CT molecular complexity index is 238. The second-order valence-electron chi connectivity index (χ2n) is 5.53. The first kappa shape index (κ1) is 14.5. The number of nitrogens with one attached hydrogen (secondary N) is 2. The lowest BCUT2D eigenvalue weighted by Gasteiger charge is -2.32. The fraction of sp³-hybridized carbons (Fsp3) is 0.923. The fourth-order valence-corrected chi connectivity index (χ4v) is 2.21. The Morgan fingerprint density at radius 2 is 2.35 bits per heavy atom. The number of rotatable bonds is 6. The van der Waals surface area contributed by atoms with Gasteiger partial charge in [0.25, 0.3) is 0 Å². The van der Waals surface area contributed by atoms with Crippen molar-refractivity contribution in [2.45, 2.75) is 39.5 Å². The highest BCUT2D eigenvalue weighted by atomic mass is 16.3. The molecule has 17 heavy (non-hydrogen) atoms. The second-order valence-corrected chi connectivity index (χ2v) is 5.53. The molecule has 100 valence electrons. The molecule has 1 aliphatic heterocycles. The van der Waals surface area contributed by atoms with Crippen LogP contribution in [0.3, 0.4) is 0 Å². The second kappa shape index (κ2) is 6.97. The Balaban J connectivity index is 2.20. The Kier molecular flexibility index (Phi) is 5.92. The van der Waals surface area contributed by atoms with Crippen LogP contribution in [-0.2, 0) is 4.79 Å². The van der Waals surface area contributed by atoms with Gasteiger partial charge in [-0.1, -0.05) is 6.92 Å². The van der Waals surface area contributed by atoms with Crippen molar-refractivity contribution in [3.05, 3.63) is 0 Å². The van der Waals surface area contributed by atoms with Gasteiger partial charge in [-0.3, -0.25) is 4.79 Å². The Labute approximate surface area is 104 Å². The molecule has 0 radical (unpaired) electrons. The zero-order valence-electron chi connectivity index (χ0n) is 11.1. The van der Waals surface area contributed by atoms with Gasteiger partial charge in [-0.2, -0.15) is 0 Å². The van der Waals surface area contributed by atoms with E-state index in [0.717, 1.165) is 45.3 Å². The maximum atomic E-state index is 12.0. The first-order valence-electron chi connectivity index (χ1n) is 6.68. The van der Waals surface area contributed by atoms with Crippen molar-refractivity contribution >= 4 is 5.91 Å². The van der Waals surface area contributed by atoms with Crippen LogP contribution in [0.5, 0.6) is 0 Å². The lowest BCUT2D eigenvalue weighted by Crippen LogP contribution is -2.48. The van der Waals surface area contributed by atoms with Crippen LogP contribution < -0.4 is 10.6 Å². The van der Waals surface area contributed by atoms with Crippen molar-refractivity contribution in [1.29, 1.82) is 0 Å². The smallest absolute Gasteiger partial charge is 0.227 e. The van der Waals surface area contributed by atoms with Crippen LogP contribution in [0.1, 0.15) is 39.5 Å². The molecule has 1 heterocycles. The van der Waals surface area contributed by atoms with E-state index in [1.165, 1.54) is 0 Å². The van der Waals surface area contributed by atoms with E-state index < -0.39 is 0 Å². The van der Waals surface area contributed by atoms with Crippen LogP contribution in [0.25, 0.3) is 0 Å². The summed E-state index contributed by atoms with van der Waals surface area (Å²) in [5.41, 5.74) is -0.235. The summed E-state index contributed by atoms with van der Waals surface area (Å²) in [5.74, 6) is 0.500. The molecular weight excluding hydrogens is 216 g/mol. The van der Waals surface area contributed by atoms with Gasteiger partial charge in [0.2, 0.25) is 5.91 Å².